The summed E-state index contributed by atoms with van der Waals surface area (Å²) in [6.45, 7) is 0.0400. The fourth-order valence-electron chi connectivity index (χ4n) is 2.43. The van der Waals surface area contributed by atoms with Crippen LogP contribution in [-0.2, 0) is 11.0 Å². The molecule has 0 radical (unpaired) electrons. The maximum absolute atomic E-state index is 12.5. The van der Waals surface area contributed by atoms with Crippen molar-refractivity contribution in [2.24, 2.45) is 5.92 Å². The van der Waals surface area contributed by atoms with Crippen molar-refractivity contribution in [1.29, 1.82) is 0 Å². The van der Waals surface area contributed by atoms with Gasteiger partial charge in [0.2, 0.25) is 5.91 Å². The molecule has 2 N–H and O–H groups in total. The lowest BCUT2D eigenvalue weighted by molar-refractivity contribution is -0.137. The lowest BCUT2D eigenvalue weighted by Crippen LogP contribution is -2.34. The summed E-state index contributed by atoms with van der Waals surface area (Å²) in [6, 6.07) is 4.72. The summed E-state index contributed by atoms with van der Waals surface area (Å²) in [4.78, 5) is 11.8. The predicted octanol–water partition coefficient (Wildman–Crippen LogP) is 2.33. The molecule has 1 aromatic carbocycles. The van der Waals surface area contributed by atoms with Gasteiger partial charge in [-0.05, 0) is 37.5 Å². The Morgan fingerprint density at radius 1 is 1.36 bits per heavy atom. The Hall–Kier alpha value is -2.00. The lowest BCUT2D eigenvalue weighted by atomic mass is 10.1. The first-order valence-electron chi connectivity index (χ1n) is 7.00. The molecule has 1 saturated carbocycles. The van der Waals surface area contributed by atoms with Gasteiger partial charge in [-0.1, -0.05) is 17.9 Å². The van der Waals surface area contributed by atoms with E-state index in [1.54, 1.807) is 0 Å². The van der Waals surface area contributed by atoms with Crippen LogP contribution in [0.15, 0.2) is 24.3 Å². The molecule has 2 rings (SSSR count). The zero-order valence-electron chi connectivity index (χ0n) is 11.8. The van der Waals surface area contributed by atoms with Gasteiger partial charge in [-0.2, -0.15) is 13.2 Å². The van der Waals surface area contributed by atoms with Crippen LogP contribution in [0.4, 0.5) is 13.2 Å². The smallest absolute Gasteiger partial charge is 0.392 e. The minimum Gasteiger partial charge on any atom is -0.392 e. The Kier molecular flexibility index (Phi) is 5.09. The van der Waals surface area contributed by atoms with Crippen LogP contribution >= 0.6 is 0 Å². The standard InChI is InChI=1S/C16H16F3NO2/c17-16(18,19)12-6-1-4-11(10-12)5-3-9-20-15(22)13-7-2-8-14(13)21/h1,4,6,10,13-14,21H,2,7-9H2,(H,20,22). The highest BCUT2D eigenvalue weighted by Crippen LogP contribution is 2.29. The van der Waals surface area contributed by atoms with Gasteiger partial charge >= 0.3 is 6.18 Å². The van der Waals surface area contributed by atoms with Crippen molar-refractivity contribution in [3.05, 3.63) is 35.4 Å². The monoisotopic (exact) mass is 311 g/mol. The van der Waals surface area contributed by atoms with E-state index >= 15 is 0 Å². The summed E-state index contributed by atoms with van der Waals surface area (Å²) in [6.07, 6.45) is -2.93. The van der Waals surface area contributed by atoms with E-state index in [0.29, 0.717) is 12.8 Å². The topological polar surface area (TPSA) is 49.3 Å². The van der Waals surface area contributed by atoms with E-state index in [1.165, 1.54) is 12.1 Å². The van der Waals surface area contributed by atoms with Crippen molar-refractivity contribution in [3.8, 4) is 11.8 Å². The quantitative estimate of drug-likeness (QED) is 0.824. The molecule has 0 heterocycles. The first-order valence-corrected chi connectivity index (χ1v) is 7.00. The van der Waals surface area contributed by atoms with Gasteiger partial charge in [0.05, 0.1) is 24.1 Å². The summed E-state index contributed by atoms with van der Waals surface area (Å²) in [5.74, 6) is 4.54. The van der Waals surface area contributed by atoms with Crippen molar-refractivity contribution in [2.75, 3.05) is 6.54 Å². The number of benzene rings is 1. The van der Waals surface area contributed by atoms with Gasteiger partial charge in [0, 0.05) is 5.56 Å². The van der Waals surface area contributed by atoms with E-state index in [4.69, 9.17) is 0 Å². The van der Waals surface area contributed by atoms with Gasteiger partial charge in [-0.15, -0.1) is 0 Å². The molecule has 2 atom stereocenters. The molecule has 0 spiro atoms. The molecule has 2 unspecified atom stereocenters. The number of aliphatic hydroxyl groups excluding tert-OH is 1. The number of amides is 1. The second kappa shape index (κ2) is 6.84. The van der Waals surface area contributed by atoms with Crippen LogP contribution in [0.1, 0.15) is 30.4 Å². The van der Waals surface area contributed by atoms with Crippen LogP contribution in [0.25, 0.3) is 0 Å². The van der Waals surface area contributed by atoms with E-state index in [0.717, 1.165) is 18.6 Å². The molecule has 118 valence electrons. The van der Waals surface area contributed by atoms with Crippen molar-refractivity contribution in [2.45, 2.75) is 31.5 Å². The number of halogens is 3. The molecule has 0 aromatic heterocycles. The minimum absolute atomic E-state index is 0.0400. The summed E-state index contributed by atoms with van der Waals surface area (Å²) >= 11 is 0. The molecule has 6 heteroatoms. The van der Waals surface area contributed by atoms with Crippen LogP contribution in [0.3, 0.4) is 0 Å². The Morgan fingerprint density at radius 3 is 2.77 bits per heavy atom. The van der Waals surface area contributed by atoms with Gasteiger partial charge in [0.1, 0.15) is 0 Å². The molecule has 1 aliphatic carbocycles. The van der Waals surface area contributed by atoms with E-state index in [9.17, 15) is 23.1 Å². The third-order valence-corrected chi connectivity index (χ3v) is 3.59. The summed E-state index contributed by atoms with van der Waals surface area (Å²) in [7, 11) is 0. The molecular formula is C16H16F3NO2. The van der Waals surface area contributed by atoms with Gasteiger partial charge < -0.3 is 10.4 Å². The van der Waals surface area contributed by atoms with Crippen molar-refractivity contribution in [1.82, 2.24) is 5.32 Å². The third-order valence-electron chi connectivity index (χ3n) is 3.59. The Bertz CT molecular complexity index is 601. The van der Waals surface area contributed by atoms with Crippen LogP contribution < -0.4 is 5.32 Å². The van der Waals surface area contributed by atoms with E-state index in [2.05, 4.69) is 17.2 Å². The third kappa shape index (κ3) is 4.25. The highest BCUT2D eigenvalue weighted by atomic mass is 19.4. The van der Waals surface area contributed by atoms with Crippen molar-refractivity contribution >= 4 is 5.91 Å². The van der Waals surface area contributed by atoms with Crippen molar-refractivity contribution < 1.29 is 23.1 Å². The molecule has 1 aromatic rings. The molecular weight excluding hydrogens is 295 g/mol. The van der Waals surface area contributed by atoms with Crippen LogP contribution in [0.5, 0.6) is 0 Å². The Balaban J connectivity index is 1.90. The molecule has 3 nitrogen and oxygen atoms in total. The number of hydrogen-bond donors (Lipinski definition) is 2. The predicted molar refractivity (Wildman–Crippen MR) is 74.7 cm³/mol. The summed E-state index contributed by atoms with van der Waals surface area (Å²) in [5.41, 5.74) is -0.512. The molecule has 22 heavy (non-hydrogen) atoms. The zero-order valence-corrected chi connectivity index (χ0v) is 11.8. The van der Waals surface area contributed by atoms with Crippen LogP contribution in [-0.4, -0.2) is 23.7 Å². The zero-order chi connectivity index (χ0) is 16.2. The number of aliphatic hydroxyl groups is 1. The number of carbonyl (C=O) groups excluding carboxylic acids is 1. The molecule has 0 bridgehead atoms. The first-order chi connectivity index (χ1) is 10.4. The number of nitrogens with one attached hydrogen (secondary N) is 1. The van der Waals surface area contributed by atoms with Crippen LogP contribution in [0, 0.1) is 17.8 Å². The van der Waals surface area contributed by atoms with Crippen LogP contribution in [0.2, 0.25) is 0 Å². The number of alkyl halides is 3. The molecule has 1 amide bonds. The van der Waals surface area contributed by atoms with E-state index in [-0.39, 0.29) is 18.0 Å². The maximum Gasteiger partial charge on any atom is 0.416 e. The van der Waals surface area contributed by atoms with Crippen molar-refractivity contribution in [3.63, 3.8) is 0 Å². The fraction of sp³-hybridized carbons (Fsp3) is 0.438. The minimum atomic E-state index is -4.40. The second-order valence-corrected chi connectivity index (χ2v) is 5.20. The molecule has 1 aliphatic rings. The Morgan fingerprint density at radius 2 is 2.14 bits per heavy atom. The highest BCUT2D eigenvalue weighted by molar-refractivity contribution is 5.79. The lowest BCUT2D eigenvalue weighted by Gasteiger charge is -2.12. The van der Waals surface area contributed by atoms with Gasteiger partial charge in [0.15, 0.2) is 0 Å². The summed E-state index contributed by atoms with van der Waals surface area (Å²) < 4.78 is 37.6. The highest BCUT2D eigenvalue weighted by Gasteiger charge is 2.31. The normalized spacial score (nSPS) is 21.1. The fourth-order valence-corrected chi connectivity index (χ4v) is 2.43. The molecule has 1 fully saturated rings. The Labute approximate surface area is 126 Å². The average Bonchev–Trinajstić information content (AvgIpc) is 2.89. The average molecular weight is 311 g/mol. The van der Waals surface area contributed by atoms with E-state index in [1.807, 2.05) is 0 Å². The number of carbonyl (C=O) groups is 1. The summed E-state index contributed by atoms with van der Waals surface area (Å²) in [5, 5.41) is 12.2. The molecule has 0 aliphatic heterocycles. The largest absolute Gasteiger partial charge is 0.416 e. The number of hydrogen-bond acceptors (Lipinski definition) is 2. The van der Waals surface area contributed by atoms with E-state index < -0.39 is 23.8 Å². The van der Waals surface area contributed by atoms with Gasteiger partial charge in [-0.25, -0.2) is 0 Å². The van der Waals surface area contributed by atoms with Gasteiger partial charge in [-0.3, -0.25) is 4.79 Å². The first kappa shape index (κ1) is 16.4. The molecule has 0 saturated heterocycles. The second-order valence-electron chi connectivity index (χ2n) is 5.20. The number of rotatable bonds is 2. The SMILES string of the molecule is O=C(NCC#Cc1cccc(C(F)(F)F)c1)C1CCCC1O. The van der Waals surface area contributed by atoms with Gasteiger partial charge in [0.25, 0.3) is 0 Å². The maximum atomic E-state index is 12.5.